The number of benzene rings is 2. The number of ether oxygens (including phenoxy) is 1. The molecule has 2 aromatic rings. The van der Waals surface area contributed by atoms with Crippen molar-refractivity contribution < 1.29 is 9.53 Å². The van der Waals surface area contributed by atoms with E-state index in [2.05, 4.69) is 30.4 Å². The van der Waals surface area contributed by atoms with Gasteiger partial charge in [-0.3, -0.25) is 4.79 Å². The third-order valence-electron chi connectivity index (χ3n) is 4.95. The molecular formula is C22H27NO2. The van der Waals surface area contributed by atoms with E-state index in [4.69, 9.17) is 4.74 Å². The largest absolute Gasteiger partial charge is 0.481 e. The third-order valence-corrected chi connectivity index (χ3v) is 4.95. The Morgan fingerprint density at radius 1 is 1.08 bits per heavy atom. The maximum absolute atomic E-state index is 12.6. The van der Waals surface area contributed by atoms with E-state index in [0.29, 0.717) is 0 Å². The molecule has 3 heteroatoms. The Bertz CT molecular complexity index is 772. The predicted octanol–water partition coefficient (Wildman–Crippen LogP) is 4.90. The van der Waals surface area contributed by atoms with Crippen molar-refractivity contribution in [1.82, 2.24) is 0 Å². The van der Waals surface area contributed by atoms with Gasteiger partial charge < -0.3 is 10.1 Å². The second kappa shape index (κ2) is 7.30. The molecule has 0 heterocycles. The second-order valence-electron chi connectivity index (χ2n) is 7.12. The van der Waals surface area contributed by atoms with Gasteiger partial charge in [0.05, 0.1) is 0 Å². The summed E-state index contributed by atoms with van der Waals surface area (Å²) in [4.78, 5) is 12.6. The molecule has 1 aliphatic rings. The molecule has 0 unspecified atom stereocenters. The summed E-state index contributed by atoms with van der Waals surface area (Å²) in [5.74, 6) is 0.751. The molecule has 0 aliphatic heterocycles. The molecule has 25 heavy (non-hydrogen) atoms. The molecule has 0 aromatic heterocycles. The lowest BCUT2D eigenvalue weighted by Crippen LogP contribution is -2.31. The highest BCUT2D eigenvalue weighted by molar-refractivity contribution is 5.95. The van der Waals surface area contributed by atoms with Gasteiger partial charge in [-0.1, -0.05) is 29.8 Å². The van der Waals surface area contributed by atoms with Crippen LogP contribution in [0.4, 0.5) is 5.69 Å². The highest BCUT2D eigenvalue weighted by atomic mass is 16.5. The zero-order chi connectivity index (χ0) is 18.0. The molecule has 3 rings (SSSR count). The number of carbonyl (C=O) groups is 1. The van der Waals surface area contributed by atoms with Gasteiger partial charge in [0.2, 0.25) is 0 Å². The topological polar surface area (TPSA) is 38.3 Å². The highest BCUT2D eigenvalue weighted by Crippen LogP contribution is 2.30. The van der Waals surface area contributed by atoms with E-state index in [0.717, 1.165) is 35.4 Å². The number of hydrogen-bond donors (Lipinski definition) is 1. The summed E-state index contributed by atoms with van der Waals surface area (Å²) >= 11 is 0. The zero-order valence-electron chi connectivity index (χ0n) is 15.6. The number of aryl methyl sites for hydroxylation is 4. The van der Waals surface area contributed by atoms with Crippen molar-refractivity contribution in [3.8, 4) is 5.75 Å². The zero-order valence-corrected chi connectivity index (χ0v) is 15.6. The van der Waals surface area contributed by atoms with Gasteiger partial charge in [-0.15, -0.1) is 0 Å². The molecule has 0 radical (unpaired) electrons. The van der Waals surface area contributed by atoms with Gasteiger partial charge in [0.15, 0.2) is 6.10 Å². The highest BCUT2D eigenvalue weighted by Gasteiger charge is 2.20. The van der Waals surface area contributed by atoms with E-state index in [1.807, 2.05) is 32.9 Å². The van der Waals surface area contributed by atoms with Gasteiger partial charge >= 0.3 is 0 Å². The van der Waals surface area contributed by atoms with Crippen LogP contribution in [0, 0.1) is 20.8 Å². The SMILES string of the molecule is Cc1cc(C)c(NC(=O)[C@@H](C)Oc2cccc3c2CCCC3)c(C)c1. The van der Waals surface area contributed by atoms with Crippen molar-refractivity contribution in [3.63, 3.8) is 0 Å². The first-order valence-electron chi connectivity index (χ1n) is 9.12. The Morgan fingerprint density at radius 2 is 1.76 bits per heavy atom. The molecule has 2 aromatic carbocycles. The van der Waals surface area contributed by atoms with Gasteiger partial charge in [0, 0.05) is 5.69 Å². The molecule has 1 aliphatic carbocycles. The quantitative estimate of drug-likeness (QED) is 0.862. The Kier molecular flexibility index (Phi) is 5.12. The molecule has 0 spiro atoms. The molecule has 1 atom stereocenters. The Balaban J connectivity index is 1.74. The molecule has 0 saturated carbocycles. The molecule has 3 nitrogen and oxygen atoms in total. The number of hydrogen-bond acceptors (Lipinski definition) is 2. The standard InChI is InChI=1S/C22H27NO2/c1-14-12-15(2)21(16(3)13-14)23-22(24)17(4)25-20-11-7-9-18-8-5-6-10-19(18)20/h7,9,11-13,17H,5-6,8,10H2,1-4H3,(H,23,24)/t17-/m1/s1. The van der Waals surface area contributed by atoms with Crippen molar-refractivity contribution in [3.05, 3.63) is 58.1 Å². The first-order valence-corrected chi connectivity index (χ1v) is 9.12. The van der Waals surface area contributed by atoms with Crippen molar-refractivity contribution >= 4 is 11.6 Å². The van der Waals surface area contributed by atoms with Gasteiger partial charge in [0.1, 0.15) is 5.75 Å². The minimum absolute atomic E-state index is 0.108. The van der Waals surface area contributed by atoms with Crippen LogP contribution in [0.15, 0.2) is 30.3 Å². The van der Waals surface area contributed by atoms with E-state index in [9.17, 15) is 4.79 Å². The molecule has 132 valence electrons. The number of amides is 1. The lowest BCUT2D eigenvalue weighted by atomic mass is 9.91. The van der Waals surface area contributed by atoms with Crippen LogP contribution >= 0.6 is 0 Å². The smallest absolute Gasteiger partial charge is 0.265 e. The first-order chi connectivity index (χ1) is 12.0. The van der Waals surface area contributed by atoms with E-state index in [-0.39, 0.29) is 5.91 Å². The van der Waals surface area contributed by atoms with E-state index < -0.39 is 6.10 Å². The number of carbonyl (C=O) groups excluding carboxylic acids is 1. The maximum atomic E-state index is 12.6. The molecule has 0 saturated heterocycles. The Hall–Kier alpha value is -2.29. The molecular weight excluding hydrogens is 310 g/mol. The van der Waals surface area contributed by atoms with Gasteiger partial charge in [0.25, 0.3) is 5.91 Å². The number of nitrogens with one attached hydrogen (secondary N) is 1. The summed E-state index contributed by atoms with van der Waals surface area (Å²) in [6.07, 6.45) is 4.03. The van der Waals surface area contributed by atoms with E-state index >= 15 is 0 Å². The summed E-state index contributed by atoms with van der Waals surface area (Å²) < 4.78 is 6.04. The van der Waals surface area contributed by atoms with Crippen LogP contribution in [-0.4, -0.2) is 12.0 Å². The fraction of sp³-hybridized carbons (Fsp3) is 0.409. The third kappa shape index (κ3) is 3.87. The van der Waals surface area contributed by atoms with Crippen LogP contribution < -0.4 is 10.1 Å². The van der Waals surface area contributed by atoms with Crippen LogP contribution in [0.3, 0.4) is 0 Å². The van der Waals surface area contributed by atoms with E-state index in [1.54, 1.807) is 0 Å². The lowest BCUT2D eigenvalue weighted by Gasteiger charge is -2.22. The van der Waals surface area contributed by atoms with Crippen molar-refractivity contribution in [2.45, 2.75) is 59.5 Å². The average molecular weight is 337 g/mol. The van der Waals surface area contributed by atoms with Crippen molar-refractivity contribution in [2.24, 2.45) is 0 Å². The van der Waals surface area contributed by atoms with Crippen LogP contribution in [0.2, 0.25) is 0 Å². The number of rotatable bonds is 4. The minimum atomic E-state index is -0.534. The fourth-order valence-corrected chi connectivity index (χ4v) is 3.70. The molecule has 1 amide bonds. The number of anilines is 1. The maximum Gasteiger partial charge on any atom is 0.265 e. The van der Waals surface area contributed by atoms with Crippen LogP contribution in [0.1, 0.15) is 47.6 Å². The van der Waals surface area contributed by atoms with Gasteiger partial charge in [-0.05, 0) is 81.7 Å². The van der Waals surface area contributed by atoms with Gasteiger partial charge in [-0.2, -0.15) is 0 Å². The molecule has 0 bridgehead atoms. The van der Waals surface area contributed by atoms with E-state index in [1.165, 1.54) is 29.5 Å². The predicted molar refractivity (Wildman–Crippen MR) is 102 cm³/mol. The lowest BCUT2D eigenvalue weighted by molar-refractivity contribution is -0.122. The molecule has 1 N–H and O–H groups in total. The second-order valence-corrected chi connectivity index (χ2v) is 7.12. The van der Waals surface area contributed by atoms with Crippen molar-refractivity contribution in [2.75, 3.05) is 5.32 Å². The average Bonchev–Trinajstić information content (AvgIpc) is 2.58. The normalized spacial score (nSPS) is 14.6. The van der Waals surface area contributed by atoms with Gasteiger partial charge in [-0.25, -0.2) is 0 Å². The van der Waals surface area contributed by atoms with Crippen LogP contribution in [-0.2, 0) is 17.6 Å². The number of fused-ring (bicyclic) bond motifs is 1. The molecule has 0 fully saturated rings. The fourth-order valence-electron chi connectivity index (χ4n) is 3.70. The summed E-state index contributed by atoms with van der Waals surface area (Å²) in [5, 5.41) is 3.04. The minimum Gasteiger partial charge on any atom is -0.481 e. The summed E-state index contributed by atoms with van der Waals surface area (Å²) in [7, 11) is 0. The first kappa shape index (κ1) is 17.5. The summed E-state index contributed by atoms with van der Waals surface area (Å²) in [6.45, 7) is 7.93. The summed E-state index contributed by atoms with van der Waals surface area (Å²) in [5.41, 5.74) is 6.89. The monoisotopic (exact) mass is 337 g/mol. The summed E-state index contributed by atoms with van der Waals surface area (Å²) in [6, 6.07) is 10.4. The van der Waals surface area contributed by atoms with Crippen molar-refractivity contribution in [1.29, 1.82) is 0 Å². The Labute approximate surface area is 150 Å². The van der Waals surface area contributed by atoms with Crippen LogP contribution in [0.25, 0.3) is 0 Å². The van der Waals surface area contributed by atoms with Crippen LogP contribution in [0.5, 0.6) is 5.75 Å². The Morgan fingerprint density at radius 3 is 2.48 bits per heavy atom.